The van der Waals surface area contributed by atoms with E-state index in [2.05, 4.69) is 5.32 Å². The van der Waals surface area contributed by atoms with E-state index in [1.807, 2.05) is 36.6 Å². The van der Waals surface area contributed by atoms with Crippen molar-refractivity contribution in [3.63, 3.8) is 0 Å². The fraction of sp³-hybridized carbons (Fsp3) is 0.385. The van der Waals surface area contributed by atoms with E-state index in [1.54, 1.807) is 11.8 Å². The smallest absolute Gasteiger partial charge is 0.305 e. The highest BCUT2D eigenvalue weighted by Crippen LogP contribution is 2.16. The van der Waals surface area contributed by atoms with Gasteiger partial charge < -0.3 is 10.4 Å². The molecule has 1 aromatic carbocycles. The zero-order valence-electron chi connectivity index (χ0n) is 10.3. The van der Waals surface area contributed by atoms with Gasteiger partial charge in [-0.1, -0.05) is 30.3 Å². The van der Waals surface area contributed by atoms with Crippen LogP contribution < -0.4 is 5.32 Å². The Labute approximate surface area is 111 Å². The zero-order valence-corrected chi connectivity index (χ0v) is 11.1. The van der Waals surface area contributed by atoms with Gasteiger partial charge in [0.05, 0.1) is 12.5 Å². The summed E-state index contributed by atoms with van der Waals surface area (Å²) >= 11 is 1.59. The number of hydrogen-bond donors (Lipinski definition) is 2. The number of hydrogen-bond acceptors (Lipinski definition) is 3. The van der Waals surface area contributed by atoms with Gasteiger partial charge in [-0.2, -0.15) is 11.8 Å². The number of carboxylic acid groups (broad SMARTS) is 1. The lowest BCUT2D eigenvalue weighted by atomic mass is 10.0. The van der Waals surface area contributed by atoms with E-state index >= 15 is 0 Å². The lowest BCUT2D eigenvalue weighted by molar-refractivity contribution is -0.137. The Hall–Kier alpha value is -1.49. The lowest BCUT2D eigenvalue weighted by Crippen LogP contribution is -2.30. The molecule has 0 fully saturated rings. The van der Waals surface area contributed by atoms with E-state index in [4.69, 9.17) is 5.11 Å². The van der Waals surface area contributed by atoms with Crippen LogP contribution in [0.1, 0.15) is 24.4 Å². The molecule has 0 aliphatic heterocycles. The van der Waals surface area contributed by atoms with Crippen molar-refractivity contribution in [2.24, 2.45) is 0 Å². The van der Waals surface area contributed by atoms with Crippen LogP contribution in [0.25, 0.3) is 0 Å². The minimum atomic E-state index is -0.922. The molecule has 2 N–H and O–H groups in total. The summed E-state index contributed by atoms with van der Waals surface area (Å²) in [4.78, 5) is 22.5. The van der Waals surface area contributed by atoms with Crippen molar-refractivity contribution in [1.82, 2.24) is 5.32 Å². The maximum atomic E-state index is 11.6. The Kier molecular flexibility index (Phi) is 6.28. The number of carbonyl (C=O) groups is 2. The van der Waals surface area contributed by atoms with Gasteiger partial charge in [0.1, 0.15) is 0 Å². The molecule has 0 aliphatic rings. The zero-order chi connectivity index (χ0) is 13.4. The first-order valence-electron chi connectivity index (χ1n) is 5.68. The second kappa shape index (κ2) is 7.76. The van der Waals surface area contributed by atoms with Gasteiger partial charge in [-0.15, -0.1) is 0 Å². The van der Waals surface area contributed by atoms with Crippen LogP contribution >= 0.6 is 11.8 Å². The molecular weight excluding hydrogens is 250 g/mol. The van der Waals surface area contributed by atoms with E-state index < -0.39 is 12.0 Å². The molecule has 0 aliphatic carbocycles. The molecule has 0 radical (unpaired) electrons. The quantitative estimate of drug-likeness (QED) is 0.793. The van der Waals surface area contributed by atoms with Crippen LogP contribution in [-0.2, 0) is 9.59 Å². The van der Waals surface area contributed by atoms with Gasteiger partial charge in [0.25, 0.3) is 0 Å². The third-order valence-electron chi connectivity index (χ3n) is 2.45. The second-order valence-corrected chi connectivity index (χ2v) is 4.86. The predicted octanol–water partition coefficient (Wildman–Crippen LogP) is 2.07. The number of thioether (sulfide) groups is 1. The summed E-state index contributed by atoms with van der Waals surface area (Å²) < 4.78 is 0. The summed E-state index contributed by atoms with van der Waals surface area (Å²) in [7, 11) is 0. The van der Waals surface area contributed by atoms with Crippen LogP contribution in [0.2, 0.25) is 0 Å². The Morgan fingerprint density at radius 2 is 2.00 bits per heavy atom. The summed E-state index contributed by atoms with van der Waals surface area (Å²) in [6.45, 7) is 0. The molecule has 0 spiro atoms. The minimum absolute atomic E-state index is 0.102. The largest absolute Gasteiger partial charge is 0.481 e. The summed E-state index contributed by atoms with van der Waals surface area (Å²) in [5, 5.41) is 11.6. The predicted molar refractivity (Wildman–Crippen MR) is 72.6 cm³/mol. The van der Waals surface area contributed by atoms with E-state index in [-0.39, 0.29) is 12.3 Å². The summed E-state index contributed by atoms with van der Waals surface area (Å²) in [6, 6.07) is 8.70. The lowest BCUT2D eigenvalue weighted by Gasteiger charge is -2.17. The first-order valence-corrected chi connectivity index (χ1v) is 7.08. The standard InChI is InChI=1S/C13H17NO3S/c1-18-8-7-12(15)14-11(9-13(16)17)10-5-3-2-4-6-10/h2-6,11H,7-9H2,1H3,(H,14,15)(H,16,17). The molecule has 5 heteroatoms. The molecule has 0 bridgehead atoms. The Morgan fingerprint density at radius 3 is 2.56 bits per heavy atom. The molecule has 98 valence electrons. The van der Waals surface area contributed by atoms with Crippen LogP contribution in [0.5, 0.6) is 0 Å². The Balaban J connectivity index is 2.67. The molecule has 0 saturated carbocycles. The number of amides is 1. The van der Waals surface area contributed by atoms with Crippen molar-refractivity contribution in [2.75, 3.05) is 12.0 Å². The average Bonchev–Trinajstić information content (AvgIpc) is 2.36. The fourth-order valence-electron chi connectivity index (χ4n) is 1.57. The topological polar surface area (TPSA) is 66.4 Å². The number of carbonyl (C=O) groups excluding carboxylic acids is 1. The number of carboxylic acids is 1. The van der Waals surface area contributed by atoms with Crippen molar-refractivity contribution in [3.8, 4) is 0 Å². The molecule has 1 rings (SSSR count). The maximum absolute atomic E-state index is 11.6. The number of aliphatic carboxylic acids is 1. The highest BCUT2D eigenvalue weighted by molar-refractivity contribution is 7.98. The van der Waals surface area contributed by atoms with Gasteiger partial charge in [0, 0.05) is 12.2 Å². The minimum Gasteiger partial charge on any atom is -0.481 e. The Morgan fingerprint density at radius 1 is 1.33 bits per heavy atom. The summed E-state index contributed by atoms with van der Waals surface area (Å²) in [6.07, 6.45) is 2.23. The Bertz CT molecular complexity index is 394. The van der Waals surface area contributed by atoms with Gasteiger partial charge in [0.2, 0.25) is 5.91 Å². The third-order valence-corrected chi connectivity index (χ3v) is 3.06. The van der Waals surface area contributed by atoms with Crippen LogP contribution in [0.15, 0.2) is 30.3 Å². The van der Waals surface area contributed by atoms with E-state index in [1.165, 1.54) is 0 Å². The van der Waals surface area contributed by atoms with Crippen molar-refractivity contribution in [1.29, 1.82) is 0 Å². The molecule has 1 amide bonds. The van der Waals surface area contributed by atoms with Crippen molar-refractivity contribution < 1.29 is 14.7 Å². The molecule has 4 nitrogen and oxygen atoms in total. The number of rotatable bonds is 7. The van der Waals surface area contributed by atoms with Gasteiger partial charge in [-0.05, 0) is 11.8 Å². The van der Waals surface area contributed by atoms with Gasteiger partial charge in [-0.3, -0.25) is 9.59 Å². The van der Waals surface area contributed by atoms with Crippen LogP contribution in [0.3, 0.4) is 0 Å². The van der Waals surface area contributed by atoms with E-state index in [0.29, 0.717) is 6.42 Å². The van der Waals surface area contributed by atoms with Crippen LogP contribution in [0, 0.1) is 0 Å². The molecule has 1 aromatic rings. The second-order valence-electron chi connectivity index (χ2n) is 3.87. The third kappa shape index (κ3) is 5.23. The van der Waals surface area contributed by atoms with E-state index in [9.17, 15) is 9.59 Å². The fourth-order valence-corrected chi connectivity index (χ4v) is 1.96. The molecule has 0 aromatic heterocycles. The molecule has 1 unspecified atom stereocenters. The summed E-state index contributed by atoms with van der Waals surface area (Å²) in [5.74, 6) is -0.297. The highest BCUT2D eigenvalue weighted by Gasteiger charge is 2.17. The normalized spacial score (nSPS) is 11.8. The SMILES string of the molecule is CSCCC(=O)NC(CC(=O)O)c1ccccc1. The number of benzene rings is 1. The molecule has 0 heterocycles. The highest BCUT2D eigenvalue weighted by atomic mass is 32.2. The first kappa shape index (κ1) is 14.6. The van der Waals surface area contributed by atoms with Crippen molar-refractivity contribution >= 4 is 23.6 Å². The molecule has 1 atom stereocenters. The molecule has 18 heavy (non-hydrogen) atoms. The van der Waals surface area contributed by atoms with Gasteiger partial charge in [0.15, 0.2) is 0 Å². The molecular formula is C13H17NO3S. The first-order chi connectivity index (χ1) is 8.63. The van der Waals surface area contributed by atoms with Crippen molar-refractivity contribution in [3.05, 3.63) is 35.9 Å². The van der Waals surface area contributed by atoms with Gasteiger partial charge >= 0.3 is 5.97 Å². The maximum Gasteiger partial charge on any atom is 0.305 e. The van der Waals surface area contributed by atoms with Crippen LogP contribution in [0.4, 0.5) is 0 Å². The number of nitrogens with one attached hydrogen (secondary N) is 1. The molecule has 0 saturated heterocycles. The van der Waals surface area contributed by atoms with Gasteiger partial charge in [-0.25, -0.2) is 0 Å². The van der Waals surface area contributed by atoms with Crippen molar-refractivity contribution in [2.45, 2.75) is 18.9 Å². The van der Waals surface area contributed by atoms with Crippen LogP contribution in [-0.4, -0.2) is 29.0 Å². The van der Waals surface area contributed by atoms with E-state index in [0.717, 1.165) is 11.3 Å². The average molecular weight is 267 g/mol. The summed E-state index contributed by atoms with van der Waals surface area (Å²) in [5.41, 5.74) is 0.817. The monoisotopic (exact) mass is 267 g/mol.